The highest BCUT2D eigenvalue weighted by atomic mass is 32.2. The van der Waals surface area contributed by atoms with Crippen LogP contribution in [-0.2, 0) is 4.79 Å². The highest BCUT2D eigenvalue weighted by Crippen LogP contribution is 2.30. The Morgan fingerprint density at radius 3 is 2.65 bits per heavy atom. The summed E-state index contributed by atoms with van der Waals surface area (Å²) >= 11 is 1.30. The number of ether oxygens (including phenoxy) is 2. The summed E-state index contributed by atoms with van der Waals surface area (Å²) in [5, 5.41) is 11.7. The normalized spacial score (nSPS) is 10.8. The molecular weight excluding hydrogens is 354 g/mol. The Morgan fingerprint density at radius 2 is 1.92 bits per heavy atom. The Balaban J connectivity index is 1.68. The summed E-state index contributed by atoms with van der Waals surface area (Å²) in [4.78, 5) is 16.6. The molecule has 1 aromatic carbocycles. The number of nitrogens with zero attached hydrogens (tertiary/aromatic N) is 4. The van der Waals surface area contributed by atoms with Gasteiger partial charge in [-0.25, -0.2) is 4.98 Å². The van der Waals surface area contributed by atoms with Gasteiger partial charge in [0.05, 0.1) is 20.0 Å². The maximum Gasteiger partial charge on any atom is 0.256 e. The van der Waals surface area contributed by atoms with Gasteiger partial charge in [0.1, 0.15) is 0 Å². The molecule has 136 valence electrons. The number of rotatable bonds is 6. The first-order valence-corrected chi connectivity index (χ1v) is 8.84. The molecule has 26 heavy (non-hydrogen) atoms. The van der Waals surface area contributed by atoms with Crippen molar-refractivity contribution in [3.05, 3.63) is 35.7 Å². The summed E-state index contributed by atoms with van der Waals surface area (Å²) in [5.74, 6) is 1.73. The van der Waals surface area contributed by atoms with Crippen LogP contribution in [0.5, 0.6) is 11.5 Å². The Labute approximate surface area is 154 Å². The van der Waals surface area contributed by atoms with E-state index in [0.29, 0.717) is 28.1 Å². The van der Waals surface area contributed by atoms with E-state index in [1.54, 1.807) is 32.4 Å². The van der Waals surface area contributed by atoms with Gasteiger partial charge in [-0.2, -0.15) is 0 Å². The van der Waals surface area contributed by atoms with Gasteiger partial charge >= 0.3 is 0 Å². The maximum absolute atomic E-state index is 12.3. The second-order valence-corrected chi connectivity index (χ2v) is 6.51. The number of carbonyl (C=O) groups excluding carboxylic acids is 1. The highest BCUT2D eigenvalue weighted by molar-refractivity contribution is 7.99. The van der Waals surface area contributed by atoms with Crippen molar-refractivity contribution in [3.63, 3.8) is 0 Å². The summed E-state index contributed by atoms with van der Waals surface area (Å²) in [5.41, 5.74) is 2.48. The number of aromatic nitrogens is 4. The summed E-state index contributed by atoms with van der Waals surface area (Å²) in [6.07, 6.45) is 0. The van der Waals surface area contributed by atoms with Gasteiger partial charge in [-0.3, -0.25) is 9.20 Å². The number of fused-ring (bicyclic) bond motifs is 1. The van der Waals surface area contributed by atoms with Crippen LogP contribution in [0.3, 0.4) is 0 Å². The molecule has 0 bridgehead atoms. The number of methoxy groups -OCH3 is 2. The van der Waals surface area contributed by atoms with Gasteiger partial charge in [0.15, 0.2) is 16.7 Å². The number of hydrogen-bond acceptors (Lipinski definition) is 7. The van der Waals surface area contributed by atoms with E-state index in [-0.39, 0.29) is 11.7 Å². The SMILES string of the molecule is COc1ccc(NC(=O)CSc2nnc3nc(C)cc(C)n23)cc1OC. The van der Waals surface area contributed by atoms with Crippen molar-refractivity contribution >= 4 is 29.1 Å². The van der Waals surface area contributed by atoms with Crippen LogP contribution in [0.25, 0.3) is 5.78 Å². The maximum atomic E-state index is 12.3. The zero-order valence-corrected chi connectivity index (χ0v) is 15.8. The molecule has 3 aromatic rings. The molecule has 2 aromatic heterocycles. The van der Waals surface area contributed by atoms with Crippen LogP contribution < -0.4 is 14.8 Å². The van der Waals surface area contributed by atoms with Crippen LogP contribution >= 0.6 is 11.8 Å². The van der Waals surface area contributed by atoms with Gasteiger partial charge in [0.25, 0.3) is 5.78 Å². The third-order valence-electron chi connectivity index (χ3n) is 3.66. The highest BCUT2D eigenvalue weighted by Gasteiger charge is 2.13. The number of hydrogen-bond donors (Lipinski definition) is 1. The average molecular weight is 373 g/mol. The van der Waals surface area contributed by atoms with Crippen molar-refractivity contribution in [1.82, 2.24) is 19.6 Å². The lowest BCUT2D eigenvalue weighted by Gasteiger charge is -2.10. The summed E-state index contributed by atoms with van der Waals surface area (Å²) in [6, 6.07) is 7.16. The number of anilines is 1. The lowest BCUT2D eigenvalue weighted by atomic mass is 10.2. The van der Waals surface area contributed by atoms with E-state index >= 15 is 0 Å². The lowest BCUT2D eigenvalue weighted by Crippen LogP contribution is -2.14. The summed E-state index contributed by atoms with van der Waals surface area (Å²) in [6.45, 7) is 3.86. The molecule has 1 amide bonds. The van der Waals surface area contributed by atoms with Crippen molar-refractivity contribution in [1.29, 1.82) is 0 Å². The van der Waals surface area contributed by atoms with Crippen molar-refractivity contribution in [2.24, 2.45) is 0 Å². The molecule has 0 atom stereocenters. The fraction of sp³-hybridized carbons (Fsp3) is 0.294. The minimum absolute atomic E-state index is 0.156. The van der Waals surface area contributed by atoms with E-state index in [2.05, 4.69) is 20.5 Å². The molecule has 0 aliphatic rings. The van der Waals surface area contributed by atoms with Gasteiger partial charge < -0.3 is 14.8 Å². The molecule has 9 heteroatoms. The number of thioether (sulfide) groups is 1. The number of amides is 1. The monoisotopic (exact) mass is 373 g/mol. The Hall–Kier alpha value is -2.81. The topological polar surface area (TPSA) is 90.6 Å². The van der Waals surface area contributed by atoms with E-state index in [1.807, 2.05) is 24.3 Å². The van der Waals surface area contributed by atoms with E-state index < -0.39 is 0 Å². The zero-order valence-electron chi connectivity index (χ0n) is 14.9. The first-order chi connectivity index (χ1) is 12.5. The van der Waals surface area contributed by atoms with E-state index in [4.69, 9.17) is 9.47 Å². The van der Waals surface area contributed by atoms with Crippen LogP contribution in [0.15, 0.2) is 29.4 Å². The minimum Gasteiger partial charge on any atom is -0.493 e. The van der Waals surface area contributed by atoms with Gasteiger partial charge in [-0.1, -0.05) is 11.8 Å². The molecule has 2 heterocycles. The number of nitrogens with one attached hydrogen (secondary N) is 1. The quantitative estimate of drug-likeness (QED) is 0.664. The van der Waals surface area contributed by atoms with E-state index in [1.165, 1.54) is 11.8 Å². The first kappa shape index (κ1) is 18.0. The molecule has 0 saturated heterocycles. The smallest absolute Gasteiger partial charge is 0.256 e. The summed E-state index contributed by atoms with van der Waals surface area (Å²) in [7, 11) is 3.11. The predicted octanol–water partition coefficient (Wildman–Crippen LogP) is 2.49. The van der Waals surface area contributed by atoms with Crippen LogP contribution in [0.4, 0.5) is 5.69 Å². The molecule has 3 rings (SSSR count). The molecule has 1 N–H and O–H groups in total. The Kier molecular flexibility index (Phi) is 5.27. The molecule has 0 fully saturated rings. The van der Waals surface area contributed by atoms with Crippen LogP contribution in [0, 0.1) is 13.8 Å². The minimum atomic E-state index is -0.156. The predicted molar refractivity (Wildman–Crippen MR) is 99.2 cm³/mol. The van der Waals surface area contributed by atoms with Crippen LogP contribution in [0.1, 0.15) is 11.4 Å². The molecule has 0 aliphatic heterocycles. The van der Waals surface area contributed by atoms with Crippen molar-refractivity contribution in [2.45, 2.75) is 19.0 Å². The third kappa shape index (κ3) is 3.72. The molecule has 0 spiro atoms. The Morgan fingerprint density at radius 1 is 1.15 bits per heavy atom. The molecule has 0 radical (unpaired) electrons. The van der Waals surface area contributed by atoms with Crippen molar-refractivity contribution in [3.8, 4) is 11.5 Å². The third-order valence-corrected chi connectivity index (χ3v) is 4.59. The van der Waals surface area contributed by atoms with Crippen molar-refractivity contribution < 1.29 is 14.3 Å². The van der Waals surface area contributed by atoms with Crippen LogP contribution in [-0.4, -0.2) is 45.5 Å². The fourth-order valence-corrected chi connectivity index (χ4v) is 3.32. The lowest BCUT2D eigenvalue weighted by molar-refractivity contribution is -0.113. The molecular formula is C17H19N5O3S. The zero-order chi connectivity index (χ0) is 18.7. The fourth-order valence-electron chi connectivity index (χ4n) is 2.53. The van der Waals surface area contributed by atoms with E-state index in [9.17, 15) is 4.79 Å². The Bertz CT molecular complexity index is 957. The standard InChI is InChI=1S/C17H19N5O3S/c1-10-7-11(2)22-16(18-10)20-21-17(22)26-9-15(23)19-12-5-6-13(24-3)14(8-12)25-4/h5-8H,9H2,1-4H3,(H,19,23). The molecule has 0 unspecified atom stereocenters. The van der Waals surface area contributed by atoms with Gasteiger partial charge in [-0.15, -0.1) is 10.2 Å². The van der Waals surface area contributed by atoms with Crippen molar-refractivity contribution in [2.75, 3.05) is 25.3 Å². The summed E-state index contributed by atoms with van der Waals surface area (Å²) < 4.78 is 12.3. The second kappa shape index (κ2) is 7.61. The van der Waals surface area contributed by atoms with Gasteiger partial charge in [0, 0.05) is 23.1 Å². The molecule has 0 saturated carbocycles. The van der Waals surface area contributed by atoms with Crippen LogP contribution in [0.2, 0.25) is 0 Å². The molecule has 0 aliphatic carbocycles. The molecule has 8 nitrogen and oxygen atoms in total. The second-order valence-electron chi connectivity index (χ2n) is 5.56. The van der Waals surface area contributed by atoms with Gasteiger partial charge in [-0.05, 0) is 32.0 Å². The average Bonchev–Trinajstić information content (AvgIpc) is 3.03. The number of benzene rings is 1. The largest absolute Gasteiger partial charge is 0.493 e. The van der Waals surface area contributed by atoms with Gasteiger partial charge in [0.2, 0.25) is 5.91 Å². The number of carbonyl (C=O) groups is 1. The first-order valence-electron chi connectivity index (χ1n) is 7.86. The number of aryl methyl sites for hydroxylation is 2. The van der Waals surface area contributed by atoms with E-state index in [0.717, 1.165) is 11.4 Å².